The van der Waals surface area contributed by atoms with Crippen LogP contribution in [-0.2, 0) is 17.8 Å². The molecule has 6 nitrogen and oxygen atoms in total. The molecule has 4 aromatic rings. The number of hydrogen-bond acceptors (Lipinski definition) is 5. The largest absolute Gasteiger partial charge is 0.504 e. The molecule has 0 spiro atoms. The maximum Gasteiger partial charge on any atom is 0.160 e. The summed E-state index contributed by atoms with van der Waals surface area (Å²) in [5, 5.41) is 9.88. The molecule has 1 N–H and O–H groups in total. The van der Waals surface area contributed by atoms with Crippen LogP contribution in [0.2, 0.25) is 0 Å². The van der Waals surface area contributed by atoms with Crippen LogP contribution in [0.25, 0.3) is 11.8 Å². The van der Waals surface area contributed by atoms with Crippen molar-refractivity contribution in [2.45, 2.75) is 13.0 Å². The third kappa shape index (κ3) is 5.68. The molecule has 0 aliphatic heterocycles. The van der Waals surface area contributed by atoms with E-state index in [0.29, 0.717) is 12.4 Å². The van der Waals surface area contributed by atoms with Crippen molar-refractivity contribution in [2.75, 3.05) is 7.11 Å². The summed E-state index contributed by atoms with van der Waals surface area (Å²) in [7, 11) is 1.49. The molecule has 0 atom stereocenters. The summed E-state index contributed by atoms with van der Waals surface area (Å²) >= 11 is 0. The summed E-state index contributed by atoms with van der Waals surface area (Å²) in [6.07, 6.45) is 8.83. The van der Waals surface area contributed by atoms with E-state index in [9.17, 15) is 9.90 Å². The molecule has 0 bridgehead atoms. The van der Waals surface area contributed by atoms with Gasteiger partial charge < -0.3 is 19.1 Å². The van der Waals surface area contributed by atoms with Crippen molar-refractivity contribution in [1.82, 2.24) is 9.55 Å². The minimum absolute atomic E-state index is 0.0349. The highest BCUT2D eigenvalue weighted by atomic mass is 16.5. The normalized spacial score (nSPS) is 10.9. The number of benzene rings is 3. The van der Waals surface area contributed by atoms with Crippen LogP contribution in [0.3, 0.4) is 0 Å². The summed E-state index contributed by atoms with van der Waals surface area (Å²) in [6, 6.07) is 20.5. The third-order valence-electron chi connectivity index (χ3n) is 5.18. The molecule has 0 aliphatic carbocycles. The Bertz CT molecular complexity index is 1250. The smallest absolute Gasteiger partial charge is 0.160 e. The molecule has 1 heterocycles. The molecule has 0 unspecified atom stereocenters. The van der Waals surface area contributed by atoms with Gasteiger partial charge >= 0.3 is 0 Å². The van der Waals surface area contributed by atoms with Gasteiger partial charge in [0.05, 0.1) is 13.4 Å². The van der Waals surface area contributed by atoms with Crippen LogP contribution >= 0.6 is 0 Å². The molecule has 1 aromatic heterocycles. The highest BCUT2D eigenvalue weighted by molar-refractivity contribution is 5.95. The number of carbonyl (C=O) groups is 1. The van der Waals surface area contributed by atoms with Gasteiger partial charge in [-0.25, -0.2) is 4.98 Å². The van der Waals surface area contributed by atoms with Crippen molar-refractivity contribution in [3.05, 3.63) is 108 Å². The van der Waals surface area contributed by atoms with Gasteiger partial charge in [0.2, 0.25) is 0 Å². The molecule has 166 valence electrons. The van der Waals surface area contributed by atoms with Gasteiger partial charge in [0, 0.05) is 24.5 Å². The van der Waals surface area contributed by atoms with Crippen LogP contribution in [0.1, 0.15) is 16.7 Å². The lowest BCUT2D eigenvalue weighted by atomic mass is 10.0. The van der Waals surface area contributed by atoms with Gasteiger partial charge in [-0.05, 0) is 59.2 Å². The van der Waals surface area contributed by atoms with Crippen molar-refractivity contribution in [2.24, 2.45) is 0 Å². The van der Waals surface area contributed by atoms with Gasteiger partial charge in [-0.2, -0.15) is 0 Å². The molecule has 0 saturated heterocycles. The standard InChI is InChI=1S/C27H24N2O4/c1-32-27-13-7-20(16-26(27)31)6-10-24(30)17-21-4-2-3-5-22(21)18-33-25-11-8-23(9-12-25)29-15-14-28-19-29/h2-16,19,31H,17-18H2,1H3/b10-6+. The Balaban J connectivity index is 1.38. The number of methoxy groups -OCH3 is 1. The van der Waals surface area contributed by atoms with Gasteiger partial charge in [-0.15, -0.1) is 0 Å². The van der Waals surface area contributed by atoms with E-state index in [1.807, 2.05) is 59.3 Å². The van der Waals surface area contributed by atoms with Crippen LogP contribution in [0.4, 0.5) is 0 Å². The lowest BCUT2D eigenvalue weighted by molar-refractivity contribution is -0.113. The Morgan fingerprint density at radius 2 is 1.85 bits per heavy atom. The fraction of sp³-hybridized carbons (Fsp3) is 0.111. The fourth-order valence-electron chi connectivity index (χ4n) is 3.40. The zero-order valence-corrected chi connectivity index (χ0v) is 18.2. The number of phenols is 1. The molecule has 3 aromatic carbocycles. The Morgan fingerprint density at radius 1 is 1.06 bits per heavy atom. The summed E-state index contributed by atoms with van der Waals surface area (Å²) < 4.78 is 12.9. The Morgan fingerprint density at radius 3 is 2.55 bits per heavy atom. The molecule has 0 saturated carbocycles. The maximum absolute atomic E-state index is 12.5. The Labute approximate surface area is 192 Å². The first-order chi connectivity index (χ1) is 16.1. The number of rotatable bonds is 9. The van der Waals surface area contributed by atoms with Crippen molar-refractivity contribution in [3.8, 4) is 22.9 Å². The van der Waals surface area contributed by atoms with E-state index in [2.05, 4.69) is 4.98 Å². The summed E-state index contributed by atoms with van der Waals surface area (Å²) in [5.74, 6) is 1.14. The highest BCUT2D eigenvalue weighted by Gasteiger charge is 2.08. The lowest BCUT2D eigenvalue weighted by Crippen LogP contribution is -2.05. The Kier molecular flexibility index (Phi) is 6.85. The van der Waals surface area contributed by atoms with Crippen LogP contribution in [0, 0.1) is 0 Å². The van der Waals surface area contributed by atoms with Crippen LogP contribution in [0.15, 0.2) is 91.5 Å². The molecular weight excluding hydrogens is 416 g/mol. The average Bonchev–Trinajstić information content (AvgIpc) is 3.38. The predicted octanol–water partition coefficient (Wildman–Crippen LogP) is 4.99. The number of aromatic nitrogens is 2. The van der Waals surface area contributed by atoms with Crippen molar-refractivity contribution in [1.29, 1.82) is 0 Å². The van der Waals surface area contributed by atoms with E-state index in [0.717, 1.165) is 28.1 Å². The summed E-state index contributed by atoms with van der Waals surface area (Å²) in [4.78, 5) is 16.6. The fourth-order valence-corrected chi connectivity index (χ4v) is 3.40. The molecule has 0 amide bonds. The molecular formula is C27H24N2O4. The van der Waals surface area contributed by atoms with Gasteiger partial charge in [-0.3, -0.25) is 4.79 Å². The predicted molar refractivity (Wildman–Crippen MR) is 127 cm³/mol. The van der Waals surface area contributed by atoms with Crippen molar-refractivity contribution >= 4 is 11.9 Å². The minimum Gasteiger partial charge on any atom is -0.504 e. The Hall–Kier alpha value is -4.32. The molecule has 0 aliphatic rings. The monoisotopic (exact) mass is 440 g/mol. The van der Waals surface area contributed by atoms with E-state index < -0.39 is 0 Å². The number of carbonyl (C=O) groups excluding carboxylic acids is 1. The molecule has 33 heavy (non-hydrogen) atoms. The number of aromatic hydroxyl groups is 1. The second-order valence-corrected chi connectivity index (χ2v) is 7.43. The van der Waals surface area contributed by atoms with Crippen molar-refractivity contribution < 1.29 is 19.4 Å². The highest BCUT2D eigenvalue weighted by Crippen LogP contribution is 2.26. The first kappa shape index (κ1) is 21.9. The van der Waals surface area contributed by atoms with Crippen LogP contribution < -0.4 is 9.47 Å². The second-order valence-electron chi connectivity index (χ2n) is 7.43. The number of nitrogens with zero attached hydrogens (tertiary/aromatic N) is 2. The van der Waals surface area contributed by atoms with E-state index in [4.69, 9.17) is 9.47 Å². The number of ether oxygens (including phenoxy) is 2. The molecule has 6 heteroatoms. The van der Waals surface area contributed by atoms with Crippen molar-refractivity contribution in [3.63, 3.8) is 0 Å². The average molecular weight is 440 g/mol. The SMILES string of the molecule is COc1ccc(/C=C/C(=O)Cc2ccccc2COc2ccc(-n3ccnc3)cc2)cc1O. The minimum atomic E-state index is -0.0394. The van der Waals surface area contributed by atoms with E-state index >= 15 is 0 Å². The zero-order chi connectivity index (χ0) is 23.0. The molecule has 4 rings (SSSR count). The van der Waals surface area contributed by atoms with E-state index in [1.54, 1.807) is 36.8 Å². The number of allylic oxidation sites excluding steroid dienone is 1. The number of ketones is 1. The second kappa shape index (κ2) is 10.3. The molecule has 0 radical (unpaired) electrons. The van der Waals surface area contributed by atoms with E-state index in [1.165, 1.54) is 13.2 Å². The molecule has 0 fully saturated rings. The van der Waals surface area contributed by atoms with Gasteiger partial charge in [0.25, 0.3) is 0 Å². The lowest BCUT2D eigenvalue weighted by Gasteiger charge is -2.11. The van der Waals surface area contributed by atoms with Crippen LogP contribution in [0.5, 0.6) is 17.2 Å². The van der Waals surface area contributed by atoms with Crippen LogP contribution in [-0.4, -0.2) is 27.6 Å². The van der Waals surface area contributed by atoms with Gasteiger partial charge in [0.15, 0.2) is 17.3 Å². The van der Waals surface area contributed by atoms with E-state index in [-0.39, 0.29) is 18.0 Å². The topological polar surface area (TPSA) is 73.6 Å². The first-order valence-corrected chi connectivity index (χ1v) is 10.5. The third-order valence-corrected chi connectivity index (χ3v) is 5.18. The summed E-state index contributed by atoms with van der Waals surface area (Å²) in [5.41, 5.74) is 3.60. The first-order valence-electron chi connectivity index (χ1n) is 10.5. The number of phenolic OH excluding ortho intramolecular Hbond substituents is 1. The maximum atomic E-state index is 12.5. The zero-order valence-electron chi connectivity index (χ0n) is 18.2. The number of imidazole rings is 1. The van der Waals surface area contributed by atoms with Gasteiger partial charge in [0.1, 0.15) is 12.4 Å². The summed E-state index contributed by atoms with van der Waals surface area (Å²) in [6.45, 7) is 0.365. The van der Waals surface area contributed by atoms with Gasteiger partial charge in [-0.1, -0.05) is 36.4 Å². The quantitative estimate of drug-likeness (QED) is 0.371. The number of hydrogen-bond donors (Lipinski definition) is 1.